The molecule has 1 saturated heterocycles. The molecular weight excluding hydrogens is 238 g/mol. The molecule has 1 aliphatic rings. The van der Waals surface area contributed by atoms with Crippen LogP contribution in [0.25, 0.3) is 0 Å². The van der Waals surface area contributed by atoms with E-state index in [4.69, 9.17) is 5.26 Å². The van der Waals surface area contributed by atoms with Crippen LogP contribution in [0.3, 0.4) is 0 Å². The topological polar surface area (TPSA) is 56.1 Å². The SMILES string of the molecule is Cc1ccccc1NC(=O)CN1CCC(C#N)CC1. The number of carbonyl (C=O) groups excluding carboxylic acids is 1. The van der Waals surface area contributed by atoms with Gasteiger partial charge in [0.05, 0.1) is 12.6 Å². The third kappa shape index (κ3) is 3.80. The van der Waals surface area contributed by atoms with Gasteiger partial charge in [0.25, 0.3) is 0 Å². The summed E-state index contributed by atoms with van der Waals surface area (Å²) in [4.78, 5) is 14.1. The molecule has 1 amide bonds. The summed E-state index contributed by atoms with van der Waals surface area (Å²) in [5, 5.41) is 11.8. The predicted molar refractivity (Wildman–Crippen MR) is 74.6 cm³/mol. The molecule has 0 bridgehead atoms. The Morgan fingerprint density at radius 2 is 2.11 bits per heavy atom. The monoisotopic (exact) mass is 257 g/mol. The van der Waals surface area contributed by atoms with Crippen molar-refractivity contribution in [2.75, 3.05) is 25.0 Å². The molecule has 0 aliphatic carbocycles. The van der Waals surface area contributed by atoms with E-state index in [0.29, 0.717) is 6.54 Å². The summed E-state index contributed by atoms with van der Waals surface area (Å²) in [6.45, 7) is 4.05. The molecule has 4 heteroatoms. The molecule has 0 atom stereocenters. The summed E-state index contributed by atoms with van der Waals surface area (Å²) in [5.41, 5.74) is 1.94. The first kappa shape index (κ1) is 13.6. The summed E-state index contributed by atoms with van der Waals surface area (Å²) < 4.78 is 0. The van der Waals surface area contributed by atoms with Crippen molar-refractivity contribution >= 4 is 11.6 Å². The highest BCUT2D eigenvalue weighted by Crippen LogP contribution is 2.16. The number of nitrogens with zero attached hydrogens (tertiary/aromatic N) is 2. The molecule has 2 rings (SSSR count). The Labute approximate surface area is 114 Å². The smallest absolute Gasteiger partial charge is 0.238 e. The second-order valence-corrected chi connectivity index (χ2v) is 5.04. The molecule has 0 unspecified atom stereocenters. The van der Waals surface area contributed by atoms with Crippen molar-refractivity contribution in [1.82, 2.24) is 4.90 Å². The number of hydrogen-bond donors (Lipinski definition) is 1. The second kappa shape index (κ2) is 6.35. The van der Waals surface area contributed by atoms with E-state index >= 15 is 0 Å². The maximum Gasteiger partial charge on any atom is 0.238 e. The van der Waals surface area contributed by atoms with Crippen molar-refractivity contribution in [3.05, 3.63) is 29.8 Å². The number of anilines is 1. The van der Waals surface area contributed by atoms with E-state index in [-0.39, 0.29) is 11.8 Å². The molecule has 4 nitrogen and oxygen atoms in total. The van der Waals surface area contributed by atoms with Crippen molar-refractivity contribution in [3.8, 4) is 6.07 Å². The highest BCUT2D eigenvalue weighted by atomic mass is 16.2. The van der Waals surface area contributed by atoms with Gasteiger partial charge in [-0.1, -0.05) is 18.2 Å². The van der Waals surface area contributed by atoms with Gasteiger partial charge in [0, 0.05) is 11.6 Å². The molecule has 1 fully saturated rings. The number of carbonyl (C=O) groups is 1. The zero-order valence-electron chi connectivity index (χ0n) is 11.2. The van der Waals surface area contributed by atoms with Crippen LogP contribution in [0.1, 0.15) is 18.4 Å². The van der Waals surface area contributed by atoms with E-state index in [1.807, 2.05) is 31.2 Å². The van der Waals surface area contributed by atoms with Gasteiger partial charge in [0.2, 0.25) is 5.91 Å². The first-order valence-electron chi connectivity index (χ1n) is 6.66. The lowest BCUT2D eigenvalue weighted by Crippen LogP contribution is -2.39. The molecule has 1 aromatic carbocycles. The summed E-state index contributed by atoms with van der Waals surface area (Å²) in [6.07, 6.45) is 1.74. The van der Waals surface area contributed by atoms with Gasteiger partial charge in [-0.05, 0) is 44.5 Å². The fourth-order valence-corrected chi connectivity index (χ4v) is 2.33. The van der Waals surface area contributed by atoms with Crippen LogP contribution in [0.5, 0.6) is 0 Å². The molecule has 0 aromatic heterocycles. The minimum Gasteiger partial charge on any atom is -0.325 e. The summed E-state index contributed by atoms with van der Waals surface area (Å²) >= 11 is 0. The third-order valence-corrected chi connectivity index (χ3v) is 3.56. The fourth-order valence-electron chi connectivity index (χ4n) is 2.33. The standard InChI is InChI=1S/C15H19N3O/c1-12-4-2-3-5-14(12)17-15(19)11-18-8-6-13(10-16)7-9-18/h2-5,13H,6-9,11H2,1H3,(H,17,19). The van der Waals surface area contributed by atoms with Crippen LogP contribution in [0.15, 0.2) is 24.3 Å². The molecule has 19 heavy (non-hydrogen) atoms. The van der Waals surface area contributed by atoms with Gasteiger partial charge in [0.15, 0.2) is 0 Å². The van der Waals surface area contributed by atoms with Crippen molar-refractivity contribution in [2.24, 2.45) is 5.92 Å². The number of nitriles is 1. The Bertz CT molecular complexity index is 484. The number of nitrogens with one attached hydrogen (secondary N) is 1. The van der Waals surface area contributed by atoms with Gasteiger partial charge in [0.1, 0.15) is 0 Å². The normalized spacial score (nSPS) is 16.8. The minimum atomic E-state index is 0.0182. The summed E-state index contributed by atoms with van der Waals surface area (Å²) in [7, 11) is 0. The minimum absolute atomic E-state index is 0.0182. The molecule has 0 saturated carbocycles. The first-order valence-corrected chi connectivity index (χ1v) is 6.66. The summed E-state index contributed by atoms with van der Waals surface area (Å²) in [5.74, 6) is 0.181. The Morgan fingerprint density at radius 1 is 1.42 bits per heavy atom. The van der Waals surface area contributed by atoms with Gasteiger partial charge < -0.3 is 5.32 Å². The van der Waals surface area contributed by atoms with E-state index in [1.165, 1.54) is 0 Å². The number of benzene rings is 1. The van der Waals surface area contributed by atoms with Crippen LogP contribution >= 0.6 is 0 Å². The van der Waals surface area contributed by atoms with E-state index < -0.39 is 0 Å². The Morgan fingerprint density at radius 3 is 2.74 bits per heavy atom. The Hall–Kier alpha value is -1.86. The highest BCUT2D eigenvalue weighted by Gasteiger charge is 2.20. The molecule has 1 heterocycles. The predicted octanol–water partition coefficient (Wildman–Crippen LogP) is 2.17. The molecule has 0 radical (unpaired) electrons. The summed E-state index contributed by atoms with van der Waals surface area (Å²) in [6, 6.07) is 10.1. The zero-order chi connectivity index (χ0) is 13.7. The van der Waals surface area contributed by atoms with Gasteiger partial charge in [-0.25, -0.2) is 0 Å². The molecule has 1 aromatic rings. The van der Waals surface area contributed by atoms with Crippen LogP contribution in [0.2, 0.25) is 0 Å². The van der Waals surface area contributed by atoms with Crippen molar-refractivity contribution in [2.45, 2.75) is 19.8 Å². The zero-order valence-corrected chi connectivity index (χ0v) is 11.2. The van der Waals surface area contributed by atoms with Gasteiger partial charge in [-0.15, -0.1) is 0 Å². The van der Waals surface area contributed by atoms with E-state index in [0.717, 1.165) is 37.2 Å². The average molecular weight is 257 g/mol. The first-order chi connectivity index (χ1) is 9.19. The molecule has 100 valence electrons. The van der Waals surface area contributed by atoms with Crippen LogP contribution in [-0.2, 0) is 4.79 Å². The number of piperidine rings is 1. The van der Waals surface area contributed by atoms with Crippen LogP contribution in [-0.4, -0.2) is 30.4 Å². The lowest BCUT2D eigenvalue weighted by Gasteiger charge is -2.28. The molecular formula is C15H19N3O. The number of amides is 1. The van der Waals surface area contributed by atoms with Crippen molar-refractivity contribution in [1.29, 1.82) is 5.26 Å². The van der Waals surface area contributed by atoms with E-state index in [2.05, 4.69) is 16.3 Å². The van der Waals surface area contributed by atoms with Crippen molar-refractivity contribution < 1.29 is 4.79 Å². The van der Waals surface area contributed by atoms with Crippen LogP contribution in [0.4, 0.5) is 5.69 Å². The number of hydrogen-bond acceptors (Lipinski definition) is 3. The van der Waals surface area contributed by atoms with E-state index in [1.54, 1.807) is 0 Å². The number of aryl methyl sites for hydroxylation is 1. The Balaban J connectivity index is 1.83. The maximum atomic E-state index is 12.0. The molecule has 0 spiro atoms. The molecule has 1 aliphatic heterocycles. The van der Waals surface area contributed by atoms with Crippen LogP contribution < -0.4 is 5.32 Å². The average Bonchev–Trinajstić information content (AvgIpc) is 2.42. The third-order valence-electron chi connectivity index (χ3n) is 3.56. The highest BCUT2D eigenvalue weighted by molar-refractivity contribution is 5.92. The number of likely N-dealkylation sites (tertiary alicyclic amines) is 1. The molecule has 1 N–H and O–H groups in total. The lowest BCUT2D eigenvalue weighted by molar-refractivity contribution is -0.117. The number of para-hydroxylation sites is 1. The Kier molecular flexibility index (Phi) is 4.53. The maximum absolute atomic E-state index is 12.0. The van der Waals surface area contributed by atoms with Crippen LogP contribution in [0, 0.1) is 24.2 Å². The van der Waals surface area contributed by atoms with Gasteiger partial charge in [-0.2, -0.15) is 5.26 Å². The lowest BCUT2D eigenvalue weighted by atomic mass is 9.99. The largest absolute Gasteiger partial charge is 0.325 e. The van der Waals surface area contributed by atoms with E-state index in [9.17, 15) is 4.79 Å². The van der Waals surface area contributed by atoms with Gasteiger partial charge >= 0.3 is 0 Å². The van der Waals surface area contributed by atoms with Gasteiger partial charge in [-0.3, -0.25) is 9.69 Å². The quantitative estimate of drug-likeness (QED) is 0.902. The number of rotatable bonds is 3. The van der Waals surface area contributed by atoms with Crippen molar-refractivity contribution in [3.63, 3.8) is 0 Å². The second-order valence-electron chi connectivity index (χ2n) is 5.04. The fraction of sp³-hybridized carbons (Fsp3) is 0.467.